The Hall–Kier alpha value is -4.46. The summed E-state index contributed by atoms with van der Waals surface area (Å²) in [6, 6.07) is 8.40. The van der Waals surface area contributed by atoms with E-state index in [1.54, 1.807) is 37.3 Å². The molecule has 0 atom stereocenters. The molecular weight excluding hydrogens is 509 g/mol. The van der Waals surface area contributed by atoms with Crippen LogP contribution in [0.3, 0.4) is 0 Å². The van der Waals surface area contributed by atoms with Gasteiger partial charge in [0.25, 0.3) is 5.91 Å². The number of fused-ring (bicyclic) bond motifs is 1. The van der Waals surface area contributed by atoms with Crippen LogP contribution in [0.25, 0.3) is 17.0 Å². The van der Waals surface area contributed by atoms with Crippen LogP contribution < -0.4 is 5.32 Å². The predicted octanol–water partition coefficient (Wildman–Crippen LogP) is 4.10. The molecule has 2 amide bonds. The summed E-state index contributed by atoms with van der Waals surface area (Å²) in [7, 11) is 0. The highest BCUT2D eigenvalue weighted by molar-refractivity contribution is 6.04. The van der Waals surface area contributed by atoms with Gasteiger partial charge in [-0.25, -0.2) is 9.78 Å². The Kier molecular flexibility index (Phi) is 6.48. The van der Waals surface area contributed by atoms with Crippen molar-refractivity contribution in [2.24, 2.45) is 0 Å². The number of hydrogen-bond acceptors (Lipinski definition) is 7. The van der Waals surface area contributed by atoms with Crippen molar-refractivity contribution >= 4 is 23.3 Å². The first-order valence-corrected chi connectivity index (χ1v) is 11.4. The number of ether oxygens (including phenoxy) is 1. The first-order chi connectivity index (χ1) is 18.1. The van der Waals surface area contributed by atoms with Crippen LogP contribution >= 0.6 is 0 Å². The molecule has 0 spiro atoms. The second-order valence-corrected chi connectivity index (χ2v) is 8.84. The maximum absolute atomic E-state index is 13.1. The maximum Gasteiger partial charge on any atom is 0.411 e. The molecule has 198 valence electrons. The zero-order valence-electron chi connectivity index (χ0n) is 19.9. The number of likely N-dealkylation sites (tertiary alicyclic amines) is 1. The Morgan fingerprint density at radius 3 is 2.76 bits per heavy atom. The number of benzene rings is 1. The van der Waals surface area contributed by atoms with Gasteiger partial charge in [-0.05, 0) is 30.2 Å². The van der Waals surface area contributed by atoms with Gasteiger partial charge in [0.2, 0.25) is 11.7 Å². The Morgan fingerprint density at radius 1 is 1.24 bits per heavy atom. The molecule has 5 rings (SSSR count). The van der Waals surface area contributed by atoms with E-state index in [0.717, 1.165) is 5.56 Å². The monoisotopic (exact) mass is 530 g/mol. The van der Waals surface area contributed by atoms with Gasteiger partial charge in [-0.3, -0.25) is 9.20 Å². The number of rotatable bonds is 7. The van der Waals surface area contributed by atoms with Crippen LogP contribution in [0.5, 0.6) is 0 Å². The van der Waals surface area contributed by atoms with Crippen molar-refractivity contribution in [1.29, 1.82) is 0 Å². The molecule has 0 saturated carbocycles. The highest BCUT2D eigenvalue weighted by atomic mass is 19.4. The van der Waals surface area contributed by atoms with Crippen LogP contribution in [0.4, 0.5) is 23.7 Å². The number of carbonyl (C=O) groups is 2. The minimum atomic E-state index is -4.43. The molecule has 14 heteroatoms. The summed E-state index contributed by atoms with van der Waals surface area (Å²) in [6.45, 7) is 0.711. The number of carboxylic acid groups (broad SMARTS) is 1. The zero-order valence-corrected chi connectivity index (χ0v) is 19.9. The number of carbonyl (C=O) groups excluding carboxylic acids is 1. The van der Waals surface area contributed by atoms with E-state index in [1.807, 2.05) is 0 Å². The number of anilines is 1. The molecule has 1 aliphatic heterocycles. The molecule has 11 nitrogen and oxygen atoms in total. The first-order valence-electron chi connectivity index (χ1n) is 11.4. The summed E-state index contributed by atoms with van der Waals surface area (Å²) in [5.74, 6) is -0.0222. The van der Waals surface area contributed by atoms with E-state index in [2.05, 4.69) is 20.4 Å². The van der Waals surface area contributed by atoms with Crippen LogP contribution in [-0.2, 0) is 11.3 Å². The minimum absolute atomic E-state index is 0.170. The molecule has 4 aromatic rings. The molecule has 1 aromatic carbocycles. The zero-order chi connectivity index (χ0) is 27.0. The summed E-state index contributed by atoms with van der Waals surface area (Å²) in [6.07, 6.45) is -2.56. The fourth-order valence-corrected chi connectivity index (χ4v) is 3.95. The SMILES string of the molecule is Cc1ccc(-c2noc(C3CN(C(=O)O)C3)n2)cc1NC(=O)c1cnc2ccc(COCC(F)(F)F)cn12. The van der Waals surface area contributed by atoms with Gasteiger partial charge < -0.3 is 24.6 Å². The van der Waals surface area contributed by atoms with Crippen molar-refractivity contribution in [3.8, 4) is 11.4 Å². The second kappa shape index (κ2) is 9.78. The molecule has 3 aromatic heterocycles. The van der Waals surface area contributed by atoms with E-state index in [-0.39, 0.29) is 31.3 Å². The lowest BCUT2D eigenvalue weighted by Crippen LogP contribution is -2.47. The third-order valence-electron chi connectivity index (χ3n) is 6.02. The summed E-state index contributed by atoms with van der Waals surface area (Å²) in [4.78, 5) is 33.9. The number of amides is 2. The third-order valence-corrected chi connectivity index (χ3v) is 6.02. The van der Waals surface area contributed by atoms with Crippen molar-refractivity contribution < 1.29 is 37.1 Å². The molecule has 1 fully saturated rings. The Balaban J connectivity index is 1.31. The van der Waals surface area contributed by atoms with Gasteiger partial charge in [0.1, 0.15) is 17.9 Å². The van der Waals surface area contributed by atoms with Gasteiger partial charge >= 0.3 is 12.3 Å². The van der Waals surface area contributed by atoms with Crippen LogP contribution in [-0.4, -0.2) is 67.4 Å². The normalized spacial score (nSPS) is 14.1. The number of alkyl halides is 3. The van der Waals surface area contributed by atoms with Gasteiger partial charge in [-0.1, -0.05) is 23.4 Å². The van der Waals surface area contributed by atoms with E-state index in [4.69, 9.17) is 14.4 Å². The molecule has 0 aliphatic carbocycles. The molecule has 0 radical (unpaired) electrons. The average Bonchev–Trinajstić information content (AvgIpc) is 3.46. The van der Waals surface area contributed by atoms with Crippen LogP contribution in [0.2, 0.25) is 0 Å². The number of hydrogen-bond donors (Lipinski definition) is 2. The van der Waals surface area contributed by atoms with E-state index in [9.17, 15) is 22.8 Å². The topological polar surface area (TPSA) is 135 Å². The van der Waals surface area contributed by atoms with Gasteiger partial charge in [-0.15, -0.1) is 0 Å². The number of imidazole rings is 1. The molecule has 1 saturated heterocycles. The fourth-order valence-electron chi connectivity index (χ4n) is 3.95. The standard InChI is InChI=1S/C24H21F3N6O5/c1-13-2-4-15(20-30-22(38-31-20)16-9-32(10-16)23(35)36)6-17(13)29-21(34)18-7-28-19-5-3-14(8-33(18)19)11-37-12-24(25,26)27/h2-8,16H,9-12H2,1H3,(H,29,34)(H,35,36). The van der Waals surface area contributed by atoms with E-state index >= 15 is 0 Å². The molecule has 0 unspecified atom stereocenters. The van der Waals surface area contributed by atoms with E-state index < -0.39 is 24.8 Å². The summed E-state index contributed by atoms with van der Waals surface area (Å²) < 4.78 is 48.6. The quantitative estimate of drug-likeness (QED) is 0.365. The molecule has 38 heavy (non-hydrogen) atoms. The number of aryl methyl sites for hydroxylation is 1. The van der Waals surface area contributed by atoms with Crippen molar-refractivity contribution in [2.45, 2.75) is 25.6 Å². The predicted molar refractivity (Wildman–Crippen MR) is 126 cm³/mol. The number of nitrogens with one attached hydrogen (secondary N) is 1. The van der Waals surface area contributed by atoms with Crippen molar-refractivity contribution in [3.05, 3.63) is 65.4 Å². The van der Waals surface area contributed by atoms with Crippen LogP contribution in [0.15, 0.2) is 47.2 Å². The number of nitrogens with zero attached hydrogens (tertiary/aromatic N) is 5. The minimum Gasteiger partial charge on any atom is -0.465 e. The summed E-state index contributed by atoms with van der Waals surface area (Å²) in [5, 5.41) is 15.8. The van der Waals surface area contributed by atoms with Crippen molar-refractivity contribution in [2.75, 3.05) is 25.0 Å². The number of halogens is 3. The van der Waals surface area contributed by atoms with Crippen LogP contribution in [0, 0.1) is 6.92 Å². The third kappa shape index (κ3) is 5.29. The molecule has 2 N–H and O–H groups in total. The lowest BCUT2D eigenvalue weighted by atomic mass is 10.0. The lowest BCUT2D eigenvalue weighted by molar-refractivity contribution is -0.176. The van der Waals surface area contributed by atoms with E-state index in [0.29, 0.717) is 34.2 Å². The Morgan fingerprint density at radius 2 is 2.03 bits per heavy atom. The average molecular weight is 530 g/mol. The highest BCUT2D eigenvalue weighted by Gasteiger charge is 2.35. The largest absolute Gasteiger partial charge is 0.465 e. The number of aromatic nitrogens is 4. The second-order valence-electron chi connectivity index (χ2n) is 8.84. The van der Waals surface area contributed by atoms with Gasteiger partial charge in [0, 0.05) is 30.5 Å². The smallest absolute Gasteiger partial charge is 0.411 e. The fraction of sp³-hybridized carbons (Fsp3) is 0.292. The highest BCUT2D eigenvalue weighted by Crippen LogP contribution is 2.29. The van der Waals surface area contributed by atoms with Gasteiger partial charge in [-0.2, -0.15) is 18.2 Å². The van der Waals surface area contributed by atoms with E-state index in [1.165, 1.54) is 21.7 Å². The molecule has 1 aliphatic rings. The van der Waals surface area contributed by atoms with Crippen molar-refractivity contribution in [1.82, 2.24) is 24.4 Å². The Labute approximate surface area is 212 Å². The summed E-state index contributed by atoms with van der Waals surface area (Å²) >= 11 is 0. The Bertz CT molecular complexity index is 1510. The first kappa shape index (κ1) is 25.2. The lowest BCUT2D eigenvalue weighted by Gasteiger charge is -2.34. The molecular formula is C24H21F3N6O5. The maximum atomic E-state index is 13.1. The van der Waals surface area contributed by atoms with Crippen molar-refractivity contribution in [3.63, 3.8) is 0 Å². The van der Waals surface area contributed by atoms with Gasteiger partial charge in [0.05, 0.1) is 18.7 Å². The molecule has 0 bridgehead atoms. The molecule has 4 heterocycles. The summed E-state index contributed by atoms with van der Waals surface area (Å²) in [5.41, 5.74) is 2.89. The van der Waals surface area contributed by atoms with Crippen LogP contribution in [0.1, 0.15) is 33.4 Å². The number of pyridine rings is 1. The van der Waals surface area contributed by atoms with Gasteiger partial charge in [0.15, 0.2) is 0 Å².